The van der Waals surface area contributed by atoms with E-state index in [4.69, 9.17) is 9.84 Å². The standard InChI is InChI=1S/C7H13BrO3/c1-7(2,3)11-4-5(8)6(9)10/h5H,4H2,1-3H3,(H,9,10)/t5-/m0/s1. The molecule has 66 valence electrons. The molecule has 0 amide bonds. The second kappa shape index (κ2) is 4.07. The summed E-state index contributed by atoms with van der Waals surface area (Å²) in [5.41, 5.74) is -0.276. The first-order valence-electron chi connectivity index (χ1n) is 3.34. The predicted molar refractivity (Wildman–Crippen MR) is 46.1 cm³/mol. The molecule has 0 aromatic rings. The lowest BCUT2D eigenvalue weighted by Crippen LogP contribution is -2.27. The maximum absolute atomic E-state index is 10.3. The molecule has 0 fully saturated rings. The third kappa shape index (κ3) is 6.31. The Kier molecular flexibility index (Phi) is 4.03. The number of halogens is 1. The largest absolute Gasteiger partial charge is 0.480 e. The zero-order chi connectivity index (χ0) is 9.07. The van der Waals surface area contributed by atoms with Crippen molar-refractivity contribution < 1.29 is 14.6 Å². The van der Waals surface area contributed by atoms with Gasteiger partial charge in [-0.1, -0.05) is 15.9 Å². The van der Waals surface area contributed by atoms with Crippen molar-refractivity contribution in [2.75, 3.05) is 6.61 Å². The molecule has 0 heterocycles. The lowest BCUT2D eigenvalue weighted by molar-refractivity contribution is -0.138. The third-order valence-electron chi connectivity index (χ3n) is 0.931. The molecule has 4 heteroatoms. The summed E-state index contributed by atoms with van der Waals surface area (Å²) >= 11 is 2.97. The molecule has 0 aromatic heterocycles. The van der Waals surface area contributed by atoms with E-state index in [1.54, 1.807) is 0 Å². The molecule has 0 aliphatic heterocycles. The zero-order valence-electron chi connectivity index (χ0n) is 6.93. The molecule has 0 radical (unpaired) electrons. The zero-order valence-corrected chi connectivity index (χ0v) is 8.51. The first kappa shape index (κ1) is 10.9. The number of carboxylic acids is 1. The highest BCUT2D eigenvalue weighted by Crippen LogP contribution is 2.10. The van der Waals surface area contributed by atoms with Crippen LogP contribution in [0.1, 0.15) is 20.8 Å². The molecule has 11 heavy (non-hydrogen) atoms. The highest BCUT2D eigenvalue weighted by atomic mass is 79.9. The molecular weight excluding hydrogens is 212 g/mol. The van der Waals surface area contributed by atoms with Crippen LogP contribution in [0.15, 0.2) is 0 Å². The Bertz CT molecular complexity index is 139. The van der Waals surface area contributed by atoms with Crippen LogP contribution >= 0.6 is 15.9 Å². The second-order valence-electron chi connectivity index (χ2n) is 3.23. The Balaban J connectivity index is 3.63. The highest BCUT2D eigenvalue weighted by molar-refractivity contribution is 9.10. The van der Waals surface area contributed by atoms with E-state index in [1.165, 1.54) is 0 Å². The van der Waals surface area contributed by atoms with Crippen molar-refractivity contribution in [2.24, 2.45) is 0 Å². The van der Waals surface area contributed by atoms with Gasteiger partial charge in [-0.25, -0.2) is 0 Å². The van der Waals surface area contributed by atoms with Gasteiger partial charge in [-0.15, -0.1) is 0 Å². The van der Waals surface area contributed by atoms with Gasteiger partial charge in [-0.3, -0.25) is 4.79 Å². The van der Waals surface area contributed by atoms with Crippen molar-refractivity contribution in [3.05, 3.63) is 0 Å². The monoisotopic (exact) mass is 224 g/mol. The maximum Gasteiger partial charge on any atom is 0.319 e. The molecule has 0 rings (SSSR count). The van der Waals surface area contributed by atoms with Gasteiger partial charge in [-0.05, 0) is 20.8 Å². The van der Waals surface area contributed by atoms with Crippen LogP contribution in [0.3, 0.4) is 0 Å². The summed E-state index contributed by atoms with van der Waals surface area (Å²) in [4.78, 5) is 9.68. The summed E-state index contributed by atoms with van der Waals surface area (Å²) in [7, 11) is 0. The molecule has 0 bridgehead atoms. The number of hydrogen-bond acceptors (Lipinski definition) is 2. The summed E-state index contributed by atoms with van der Waals surface area (Å²) in [5.74, 6) is -0.894. The maximum atomic E-state index is 10.3. The summed E-state index contributed by atoms with van der Waals surface area (Å²) in [6.07, 6.45) is 0. The number of carbonyl (C=O) groups is 1. The van der Waals surface area contributed by atoms with E-state index < -0.39 is 10.8 Å². The van der Waals surface area contributed by atoms with E-state index in [0.717, 1.165) is 0 Å². The first-order valence-corrected chi connectivity index (χ1v) is 4.25. The summed E-state index contributed by atoms with van der Waals surface area (Å²) < 4.78 is 5.22. The minimum absolute atomic E-state index is 0.193. The number of aliphatic carboxylic acids is 1. The predicted octanol–water partition coefficient (Wildman–Crippen LogP) is 1.65. The van der Waals surface area contributed by atoms with E-state index in [-0.39, 0.29) is 12.2 Å². The van der Waals surface area contributed by atoms with E-state index >= 15 is 0 Å². The lowest BCUT2D eigenvalue weighted by Gasteiger charge is -2.20. The van der Waals surface area contributed by atoms with Gasteiger partial charge in [0.15, 0.2) is 0 Å². The van der Waals surface area contributed by atoms with Crippen molar-refractivity contribution in [2.45, 2.75) is 31.2 Å². The number of alkyl halides is 1. The molecule has 0 aromatic carbocycles. The molecular formula is C7H13BrO3. The molecule has 0 unspecified atom stereocenters. The quantitative estimate of drug-likeness (QED) is 0.743. The van der Waals surface area contributed by atoms with Gasteiger partial charge < -0.3 is 9.84 Å². The average molecular weight is 225 g/mol. The van der Waals surface area contributed by atoms with E-state index in [1.807, 2.05) is 20.8 Å². The Hall–Kier alpha value is -0.0900. The minimum Gasteiger partial charge on any atom is -0.480 e. The molecule has 0 spiro atoms. The van der Waals surface area contributed by atoms with Crippen LogP contribution < -0.4 is 0 Å². The fourth-order valence-electron chi connectivity index (χ4n) is 0.394. The number of carboxylic acid groups (broad SMARTS) is 1. The first-order chi connectivity index (χ1) is 4.83. The molecule has 0 aliphatic carbocycles. The van der Waals surface area contributed by atoms with Gasteiger partial charge in [-0.2, -0.15) is 0 Å². The molecule has 1 N–H and O–H groups in total. The van der Waals surface area contributed by atoms with Gasteiger partial charge in [0.05, 0.1) is 12.2 Å². The van der Waals surface area contributed by atoms with Crippen molar-refractivity contribution in [1.82, 2.24) is 0 Å². The van der Waals surface area contributed by atoms with E-state index in [2.05, 4.69) is 15.9 Å². The molecule has 0 aliphatic rings. The summed E-state index contributed by atoms with van der Waals surface area (Å²) in [6.45, 7) is 5.84. The van der Waals surface area contributed by atoms with Gasteiger partial charge in [0.25, 0.3) is 0 Å². The topological polar surface area (TPSA) is 46.5 Å². The van der Waals surface area contributed by atoms with Crippen LogP contribution in [0.2, 0.25) is 0 Å². The Morgan fingerprint density at radius 1 is 1.64 bits per heavy atom. The fourth-order valence-corrected chi connectivity index (χ4v) is 0.527. The number of ether oxygens (including phenoxy) is 1. The van der Waals surface area contributed by atoms with Gasteiger partial charge in [0.1, 0.15) is 4.83 Å². The number of hydrogen-bond donors (Lipinski definition) is 1. The molecule has 0 saturated heterocycles. The van der Waals surface area contributed by atoms with Crippen LogP contribution in [-0.2, 0) is 9.53 Å². The second-order valence-corrected chi connectivity index (χ2v) is 4.33. The van der Waals surface area contributed by atoms with Gasteiger partial charge in [0.2, 0.25) is 0 Å². The Labute approximate surface area is 74.9 Å². The summed E-state index contributed by atoms with van der Waals surface area (Å²) in [5, 5.41) is 8.45. The molecule has 3 nitrogen and oxygen atoms in total. The van der Waals surface area contributed by atoms with Crippen molar-refractivity contribution in [1.29, 1.82) is 0 Å². The van der Waals surface area contributed by atoms with Crippen molar-refractivity contribution >= 4 is 21.9 Å². The van der Waals surface area contributed by atoms with Gasteiger partial charge >= 0.3 is 5.97 Å². The van der Waals surface area contributed by atoms with E-state index in [0.29, 0.717) is 0 Å². The fraction of sp³-hybridized carbons (Fsp3) is 0.857. The van der Waals surface area contributed by atoms with Crippen LogP contribution in [0.4, 0.5) is 0 Å². The molecule has 0 saturated carbocycles. The third-order valence-corrected chi connectivity index (χ3v) is 1.59. The van der Waals surface area contributed by atoms with Gasteiger partial charge in [0, 0.05) is 0 Å². The normalized spacial score (nSPS) is 14.5. The SMILES string of the molecule is CC(C)(C)OC[C@H](Br)C(=O)O. The number of rotatable bonds is 3. The van der Waals surface area contributed by atoms with Crippen molar-refractivity contribution in [3.63, 3.8) is 0 Å². The highest BCUT2D eigenvalue weighted by Gasteiger charge is 2.17. The lowest BCUT2D eigenvalue weighted by atomic mass is 10.2. The smallest absolute Gasteiger partial charge is 0.319 e. The average Bonchev–Trinajstić information content (AvgIpc) is 1.80. The van der Waals surface area contributed by atoms with Crippen LogP contribution in [0.5, 0.6) is 0 Å². The minimum atomic E-state index is -0.894. The van der Waals surface area contributed by atoms with Crippen LogP contribution in [0, 0.1) is 0 Å². The summed E-state index contributed by atoms with van der Waals surface area (Å²) in [6, 6.07) is 0. The Morgan fingerprint density at radius 2 is 2.09 bits per heavy atom. The van der Waals surface area contributed by atoms with E-state index in [9.17, 15) is 4.79 Å². The Morgan fingerprint density at radius 3 is 2.36 bits per heavy atom. The van der Waals surface area contributed by atoms with Crippen LogP contribution in [-0.4, -0.2) is 28.1 Å². The van der Waals surface area contributed by atoms with Crippen LogP contribution in [0.25, 0.3) is 0 Å². The molecule has 1 atom stereocenters. The van der Waals surface area contributed by atoms with Crippen molar-refractivity contribution in [3.8, 4) is 0 Å².